The van der Waals surface area contributed by atoms with Crippen molar-refractivity contribution in [3.63, 3.8) is 0 Å². The molecule has 1 fully saturated rings. The summed E-state index contributed by atoms with van der Waals surface area (Å²) in [5.41, 5.74) is 7.72. The SMILES string of the molecule is CON(C(N)=O)c1ccc(NC(=O)C2CCc3cc(F)cc(N4CCN(C)CC4)c3O2)cc1. The molecule has 2 aliphatic heterocycles. The number of fused-ring (bicyclic) bond motifs is 1. The molecule has 10 heteroatoms. The maximum absolute atomic E-state index is 14.3. The van der Waals surface area contributed by atoms with E-state index in [9.17, 15) is 14.0 Å². The van der Waals surface area contributed by atoms with Gasteiger partial charge in [-0.2, -0.15) is 5.06 Å². The molecule has 9 nitrogen and oxygen atoms in total. The highest BCUT2D eigenvalue weighted by atomic mass is 19.1. The average molecular weight is 458 g/mol. The van der Waals surface area contributed by atoms with Crippen LogP contribution in [0, 0.1) is 5.82 Å². The van der Waals surface area contributed by atoms with Crippen LogP contribution < -0.4 is 25.8 Å². The smallest absolute Gasteiger partial charge is 0.343 e. The quantitative estimate of drug-likeness (QED) is 0.669. The molecule has 1 unspecified atom stereocenters. The molecule has 2 aromatic rings. The number of hydrogen-bond acceptors (Lipinski definition) is 6. The first-order valence-electron chi connectivity index (χ1n) is 10.8. The number of nitrogens with two attached hydrogens (primary N) is 1. The molecule has 0 aliphatic carbocycles. The third kappa shape index (κ3) is 5.01. The molecule has 176 valence electrons. The molecule has 0 spiro atoms. The lowest BCUT2D eigenvalue weighted by Crippen LogP contribution is -2.45. The lowest BCUT2D eigenvalue weighted by Gasteiger charge is -2.37. The van der Waals surface area contributed by atoms with Gasteiger partial charge in [0.05, 0.1) is 18.5 Å². The van der Waals surface area contributed by atoms with Gasteiger partial charge in [-0.15, -0.1) is 0 Å². The Kier molecular flexibility index (Phi) is 6.66. The van der Waals surface area contributed by atoms with E-state index >= 15 is 0 Å². The second kappa shape index (κ2) is 9.63. The molecular formula is C23H28FN5O4. The maximum atomic E-state index is 14.3. The molecule has 3 N–H and O–H groups in total. The van der Waals surface area contributed by atoms with Crippen LogP contribution in [-0.2, 0) is 16.1 Å². The van der Waals surface area contributed by atoms with Gasteiger partial charge < -0.3 is 25.6 Å². The summed E-state index contributed by atoms with van der Waals surface area (Å²) in [4.78, 5) is 33.6. The number of carbonyl (C=O) groups is 2. The fourth-order valence-electron chi connectivity index (χ4n) is 4.14. The summed E-state index contributed by atoms with van der Waals surface area (Å²) in [6, 6.07) is 8.72. The van der Waals surface area contributed by atoms with Crippen molar-refractivity contribution >= 4 is 29.0 Å². The monoisotopic (exact) mass is 457 g/mol. The van der Waals surface area contributed by atoms with Crippen molar-refractivity contribution in [2.24, 2.45) is 5.73 Å². The molecule has 4 rings (SSSR count). The number of aryl methyl sites for hydroxylation is 1. The van der Waals surface area contributed by atoms with Crippen LogP contribution in [0.2, 0.25) is 0 Å². The first-order valence-corrected chi connectivity index (χ1v) is 10.8. The Balaban J connectivity index is 1.47. The molecule has 2 aromatic carbocycles. The van der Waals surface area contributed by atoms with Crippen molar-refractivity contribution in [1.82, 2.24) is 4.90 Å². The fraction of sp³-hybridized carbons (Fsp3) is 0.391. The van der Waals surface area contributed by atoms with E-state index in [0.29, 0.717) is 35.7 Å². The fourth-order valence-corrected chi connectivity index (χ4v) is 4.14. The van der Waals surface area contributed by atoms with Gasteiger partial charge in [0.1, 0.15) is 11.6 Å². The number of likely N-dealkylation sites (N-methyl/N-ethyl adjacent to an activating group) is 1. The molecule has 2 heterocycles. The van der Waals surface area contributed by atoms with Gasteiger partial charge in [-0.05, 0) is 55.8 Å². The molecule has 3 amide bonds. The number of amides is 3. The topological polar surface area (TPSA) is 100 Å². The van der Waals surface area contributed by atoms with E-state index in [2.05, 4.69) is 22.2 Å². The number of ether oxygens (including phenoxy) is 1. The number of piperazine rings is 1. The molecule has 0 radical (unpaired) electrons. The third-order valence-corrected chi connectivity index (χ3v) is 5.94. The zero-order chi connectivity index (χ0) is 23.5. The second-order valence-corrected chi connectivity index (χ2v) is 8.20. The largest absolute Gasteiger partial charge is 0.478 e. The van der Waals surface area contributed by atoms with Crippen LogP contribution in [0.5, 0.6) is 5.75 Å². The molecule has 2 aliphatic rings. The van der Waals surface area contributed by atoms with Gasteiger partial charge >= 0.3 is 6.03 Å². The van der Waals surface area contributed by atoms with E-state index < -0.39 is 12.1 Å². The summed E-state index contributed by atoms with van der Waals surface area (Å²) in [5.74, 6) is -0.00391. The molecule has 1 saturated heterocycles. The first kappa shape index (κ1) is 22.8. The van der Waals surface area contributed by atoms with Gasteiger partial charge in [-0.1, -0.05) is 0 Å². The molecule has 33 heavy (non-hydrogen) atoms. The Hall–Kier alpha value is -3.37. The highest BCUT2D eigenvalue weighted by Gasteiger charge is 2.30. The summed E-state index contributed by atoms with van der Waals surface area (Å²) >= 11 is 0. The summed E-state index contributed by atoms with van der Waals surface area (Å²) in [7, 11) is 3.39. The Morgan fingerprint density at radius 3 is 2.52 bits per heavy atom. The van der Waals surface area contributed by atoms with E-state index in [4.69, 9.17) is 15.3 Å². The molecular weight excluding hydrogens is 429 g/mol. The van der Waals surface area contributed by atoms with Crippen LogP contribution in [0.4, 0.5) is 26.2 Å². The van der Waals surface area contributed by atoms with Gasteiger partial charge in [-0.3, -0.25) is 9.63 Å². The van der Waals surface area contributed by atoms with Crippen LogP contribution in [0.25, 0.3) is 0 Å². The maximum Gasteiger partial charge on any atom is 0.343 e. The Labute approximate surface area is 191 Å². The summed E-state index contributed by atoms with van der Waals surface area (Å²) in [6.45, 7) is 3.29. The Morgan fingerprint density at radius 1 is 1.18 bits per heavy atom. The number of benzene rings is 2. The van der Waals surface area contributed by atoms with Gasteiger partial charge in [0.25, 0.3) is 5.91 Å². The van der Waals surface area contributed by atoms with Crippen LogP contribution in [0.1, 0.15) is 12.0 Å². The normalized spacial score (nSPS) is 18.3. The van der Waals surface area contributed by atoms with Gasteiger partial charge in [0, 0.05) is 37.9 Å². The van der Waals surface area contributed by atoms with E-state index in [-0.39, 0.29) is 11.7 Å². The van der Waals surface area contributed by atoms with Gasteiger partial charge in [0.2, 0.25) is 0 Å². The minimum atomic E-state index is -0.754. The van der Waals surface area contributed by atoms with E-state index in [0.717, 1.165) is 36.8 Å². The predicted octanol–water partition coefficient (Wildman–Crippen LogP) is 2.36. The Bertz CT molecular complexity index is 1020. The number of nitrogens with zero attached hydrogens (tertiary/aromatic N) is 3. The second-order valence-electron chi connectivity index (χ2n) is 8.20. The van der Waals surface area contributed by atoms with E-state index in [1.165, 1.54) is 19.2 Å². The van der Waals surface area contributed by atoms with E-state index in [1.807, 2.05) is 0 Å². The van der Waals surface area contributed by atoms with Crippen LogP contribution >= 0.6 is 0 Å². The zero-order valence-corrected chi connectivity index (χ0v) is 18.7. The lowest BCUT2D eigenvalue weighted by atomic mass is 9.99. The van der Waals surface area contributed by atoms with Crippen molar-refractivity contribution in [3.05, 3.63) is 47.8 Å². The molecule has 0 saturated carbocycles. The number of halogens is 1. The van der Waals surface area contributed by atoms with Gasteiger partial charge in [0.15, 0.2) is 6.10 Å². The highest BCUT2D eigenvalue weighted by Crippen LogP contribution is 2.39. The zero-order valence-electron chi connectivity index (χ0n) is 18.7. The van der Waals surface area contributed by atoms with Gasteiger partial charge in [-0.25, -0.2) is 9.18 Å². The summed E-state index contributed by atoms with van der Waals surface area (Å²) in [5, 5.41) is 3.77. The third-order valence-electron chi connectivity index (χ3n) is 5.94. The number of nitrogens with one attached hydrogen (secondary N) is 1. The lowest BCUT2D eigenvalue weighted by molar-refractivity contribution is -0.123. The number of carbonyl (C=O) groups excluding carboxylic acids is 2. The van der Waals surface area contributed by atoms with Crippen molar-refractivity contribution in [2.75, 3.05) is 55.6 Å². The van der Waals surface area contributed by atoms with Crippen LogP contribution in [0.15, 0.2) is 36.4 Å². The predicted molar refractivity (Wildman–Crippen MR) is 123 cm³/mol. The van der Waals surface area contributed by atoms with Crippen molar-refractivity contribution in [1.29, 1.82) is 0 Å². The van der Waals surface area contributed by atoms with Crippen molar-refractivity contribution in [2.45, 2.75) is 18.9 Å². The average Bonchev–Trinajstić information content (AvgIpc) is 2.80. The van der Waals surface area contributed by atoms with Crippen LogP contribution in [0.3, 0.4) is 0 Å². The summed E-state index contributed by atoms with van der Waals surface area (Å²) < 4.78 is 20.4. The Morgan fingerprint density at radius 2 is 1.88 bits per heavy atom. The molecule has 0 bridgehead atoms. The van der Waals surface area contributed by atoms with E-state index in [1.54, 1.807) is 24.3 Å². The van der Waals surface area contributed by atoms with Crippen molar-refractivity contribution in [3.8, 4) is 5.75 Å². The number of primary amides is 1. The van der Waals surface area contributed by atoms with Crippen molar-refractivity contribution < 1.29 is 23.6 Å². The number of hydroxylamine groups is 1. The van der Waals surface area contributed by atoms with Crippen LogP contribution in [-0.4, -0.2) is 63.3 Å². The highest BCUT2D eigenvalue weighted by molar-refractivity contribution is 5.95. The number of rotatable bonds is 5. The number of urea groups is 1. The number of hydrogen-bond donors (Lipinski definition) is 2. The molecule has 1 atom stereocenters. The minimum absolute atomic E-state index is 0.291. The minimum Gasteiger partial charge on any atom is -0.478 e. The first-order chi connectivity index (χ1) is 15.9. The number of anilines is 3. The standard InChI is InChI=1S/C23H28FN5O4/c1-27-9-11-28(12-10-27)19-14-16(24)13-15-3-8-20(33-21(15)19)22(30)26-17-4-6-18(7-5-17)29(32-2)23(25)31/h4-7,13-14,20H,3,8-12H2,1-2H3,(H2,25,31)(H,26,30). The molecule has 0 aromatic heterocycles. The summed E-state index contributed by atoms with van der Waals surface area (Å²) in [6.07, 6.45) is 0.295.